The van der Waals surface area contributed by atoms with Gasteiger partial charge in [-0.3, -0.25) is 19.2 Å². The van der Waals surface area contributed by atoms with E-state index in [1.165, 1.54) is 16.2 Å². The lowest BCUT2D eigenvalue weighted by atomic mass is 10.1. The van der Waals surface area contributed by atoms with Gasteiger partial charge >= 0.3 is 5.97 Å². The first kappa shape index (κ1) is 19.8. The Kier molecular flexibility index (Phi) is 6.20. The molecule has 0 fully saturated rings. The highest BCUT2D eigenvalue weighted by Gasteiger charge is 2.30. The predicted octanol–water partition coefficient (Wildman–Crippen LogP) is 3.02. The maximum absolute atomic E-state index is 12.7. The third-order valence-electron chi connectivity index (χ3n) is 4.34. The predicted molar refractivity (Wildman–Crippen MR) is 105 cm³/mol. The summed E-state index contributed by atoms with van der Waals surface area (Å²) in [7, 11) is 0. The SMILES string of the molecule is C[C@@H]1CC(=O)Nc2ccccc2N1C(=O)COC(=O)CCC(=O)c1cccs1. The average molecular weight is 400 g/mol. The number of anilines is 2. The molecule has 0 spiro atoms. The number of nitrogens with zero attached hydrogens (tertiary/aromatic N) is 1. The average Bonchev–Trinajstić information content (AvgIpc) is 3.16. The number of fused-ring (bicyclic) bond motifs is 1. The molecule has 1 aliphatic rings. The molecule has 1 aromatic heterocycles. The van der Waals surface area contributed by atoms with Gasteiger partial charge in [-0.25, -0.2) is 0 Å². The van der Waals surface area contributed by atoms with Crippen LogP contribution in [0, 0.1) is 0 Å². The van der Waals surface area contributed by atoms with Crippen LogP contribution in [0.5, 0.6) is 0 Å². The molecule has 0 bridgehead atoms. The monoisotopic (exact) mass is 400 g/mol. The van der Waals surface area contributed by atoms with E-state index in [1.54, 1.807) is 48.7 Å². The van der Waals surface area contributed by atoms with Crippen molar-refractivity contribution in [1.29, 1.82) is 0 Å². The molecule has 2 amide bonds. The molecular weight excluding hydrogens is 380 g/mol. The van der Waals surface area contributed by atoms with Crippen LogP contribution in [0.15, 0.2) is 41.8 Å². The first-order chi connectivity index (χ1) is 13.5. The zero-order chi connectivity index (χ0) is 20.1. The Morgan fingerprint density at radius 2 is 1.96 bits per heavy atom. The van der Waals surface area contributed by atoms with E-state index in [1.807, 2.05) is 0 Å². The summed E-state index contributed by atoms with van der Waals surface area (Å²) in [6.45, 7) is 1.32. The number of Topliss-reactive ketones (excluding diaryl/α,β-unsaturated/α-hetero) is 1. The molecule has 0 saturated heterocycles. The second-order valence-corrected chi connectivity index (χ2v) is 7.39. The van der Waals surface area contributed by atoms with Crippen LogP contribution in [0.25, 0.3) is 0 Å². The maximum Gasteiger partial charge on any atom is 0.306 e. The summed E-state index contributed by atoms with van der Waals surface area (Å²) in [4.78, 5) is 50.6. The van der Waals surface area contributed by atoms with Gasteiger partial charge < -0.3 is 15.0 Å². The van der Waals surface area contributed by atoms with Crippen LogP contribution < -0.4 is 10.2 Å². The van der Waals surface area contributed by atoms with Gasteiger partial charge in [-0.2, -0.15) is 0 Å². The first-order valence-corrected chi connectivity index (χ1v) is 9.77. The fourth-order valence-corrected chi connectivity index (χ4v) is 3.72. The molecule has 1 atom stereocenters. The summed E-state index contributed by atoms with van der Waals surface area (Å²) in [5, 5.41) is 4.57. The summed E-state index contributed by atoms with van der Waals surface area (Å²) in [6, 6.07) is 10.1. The number of para-hydroxylation sites is 2. The van der Waals surface area contributed by atoms with Crippen LogP contribution >= 0.6 is 11.3 Å². The zero-order valence-corrected chi connectivity index (χ0v) is 16.2. The number of carbonyl (C=O) groups is 4. The highest BCUT2D eigenvalue weighted by Crippen LogP contribution is 2.31. The van der Waals surface area contributed by atoms with Crippen molar-refractivity contribution in [3.8, 4) is 0 Å². The van der Waals surface area contributed by atoms with Gasteiger partial charge in [0.25, 0.3) is 5.91 Å². The number of carbonyl (C=O) groups excluding carboxylic acids is 4. The number of ether oxygens (including phenoxy) is 1. The van der Waals surface area contributed by atoms with E-state index in [9.17, 15) is 19.2 Å². The Labute approximate surface area is 166 Å². The molecule has 0 saturated carbocycles. The third kappa shape index (κ3) is 4.64. The number of hydrogen-bond donors (Lipinski definition) is 1. The number of rotatable bonds is 6. The van der Waals surface area contributed by atoms with Gasteiger partial charge in [0.05, 0.1) is 22.7 Å². The van der Waals surface area contributed by atoms with Crippen molar-refractivity contribution in [3.05, 3.63) is 46.7 Å². The van der Waals surface area contributed by atoms with Crippen LogP contribution in [0.2, 0.25) is 0 Å². The van der Waals surface area contributed by atoms with Gasteiger partial charge in [-0.05, 0) is 30.5 Å². The lowest BCUT2D eigenvalue weighted by molar-refractivity contribution is -0.147. The van der Waals surface area contributed by atoms with E-state index < -0.39 is 18.5 Å². The Morgan fingerprint density at radius 1 is 1.18 bits per heavy atom. The van der Waals surface area contributed by atoms with E-state index in [0.717, 1.165) is 0 Å². The normalized spacial score (nSPS) is 16.0. The largest absolute Gasteiger partial charge is 0.456 e. The van der Waals surface area contributed by atoms with Crippen molar-refractivity contribution in [2.24, 2.45) is 0 Å². The third-order valence-corrected chi connectivity index (χ3v) is 5.25. The smallest absolute Gasteiger partial charge is 0.306 e. The first-order valence-electron chi connectivity index (χ1n) is 8.89. The van der Waals surface area contributed by atoms with Gasteiger partial charge in [-0.1, -0.05) is 18.2 Å². The maximum atomic E-state index is 12.7. The van der Waals surface area contributed by atoms with Crippen molar-refractivity contribution < 1.29 is 23.9 Å². The molecule has 2 heterocycles. The molecule has 0 aliphatic carbocycles. The molecule has 3 rings (SSSR count). The topological polar surface area (TPSA) is 92.8 Å². The number of esters is 1. The number of benzene rings is 1. The fourth-order valence-electron chi connectivity index (χ4n) is 3.03. The molecule has 7 nitrogen and oxygen atoms in total. The lowest BCUT2D eigenvalue weighted by Crippen LogP contribution is -2.41. The number of amides is 2. The zero-order valence-electron chi connectivity index (χ0n) is 15.3. The Bertz CT molecular complexity index is 894. The van der Waals surface area contributed by atoms with Crippen LogP contribution in [0.1, 0.15) is 35.9 Å². The van der Waals surface area contributed by atoms with Crippen molar-refractivity contribution in [1.82, 2.24) is 0 Å². The van der Waals surface area contributed by atoms with Gasteiger partial charge in [0, 0.05) is 18.9 Å². The number of nitrogens with one attached hydrogen (secondary N) is 1. The van der Waals surface area contributed by atoms with E-state index >= 15 is 0 Å². The minimum atomic E-state index is -0.608. The minimum Gasteiger partial charge on any atom is -0.456 e. The standard InChI is InChI=1S/C20H20N2O5S/c1-13-11-18(24)21-14-5-2-3-6-15(14)22(13)19(25)12-27-20(26)9-8-16(23)17-7-4-10-28-17/h2-7,10,13H,8-9,11-12H2,1H3,(H,21,24)/t13-/m1/s1. The number of ketones is 1. The van der Waals surface area contributed by atoms with Crippen molar-refractivity contribution in [3.63, 3.8) is 0 Å². The van der Waals surface area contributed by atoms with Crippen molar-refractivity contribution in [2.45, 2.75) is 32.2 Å². The molecule has 146 valence electrons. The molecule has 1 aliphatic heterocycles. The number of hydrogen-bond acceptors (Lipinski definition) is 6. The Hall–Kier alpha value is -3.00. The number of thiophene rings is 1. The summed E-state index contributed by atoms with van der Waals surface area (Å²) in [5.74, 6) is -1.34. The van der Waals surface area contributed by atoms with Gasteiger partial charge in [0.1, 0.15) is 0 Å². The molecule has 0 radical (unpaired) electrons. The molecule has 1 aromatic carbocycles. The van der Waals surface area contributed by atoms with E-state index in [-0.39, 0.29) is 37.0 Å². The second-order valence-electron chi connectivity index (χ2n) is 6.44. The lowest BCUT2D eigenvalue weighted by Gasteiger charge is -2.27. The highest BCUT2D eigenvalue weighted by molar-refractivity contribution is 7.12. The van der Waals surface area contributed by atoms with E-state index in [0.29, 0.717) is 16.3 Å². The second kappa shape index (κ2) is 8.79. The summed E-state index contributed by atoms with van der Waals surface area (Å²) in [5.41, 5.74) is 1.10. The van der Waals surface area contributed by atoms with Crippen molar-refractivity contribution >= 4 is 46.3 Å². The summed E-state index contributed by atoms with van der Waals surface area (Å²) < 4.78 is 5.07. The van der Waals surface area contributed by atoms with Gasteiger partial charge in [0.2, 0.25) is 5.91 Å². The van der Waals surface area contributed by atoms with Crippen LogP contribution in [0.4, 0.5) is 11.4 Å². The quantitative estimate of drug-likeness (QED) is 0.594. The van der Waals surface area contributed by atoms with Crippen LogP contribution in [0.3, 0.4) is 0 Å². The van der Waals surface area contributed by atoms with E-state index in [4.69, 9.17) is 4.74 Å². The summed E-state index contributed by atoms with van der Waals surface area (Å²) >= 11 is 1.32. The summed E-state index contributed by atoms with van der Waals surface area (Å²) in [6.07, 6.45) is 0.0921. The van der Waals surface area contributed by atoms with Gasteiger partial charge in [-0.15, -0.1) is 11.3 Å². The molecule has 1 N–H and O–H groups in total. The highest BCUT2D eigenvalue weighted by atomic mass is 32.1. The van der Waals surface area contributed by atoms with E-state index in [2.05, 4.69) is 5.32 Å². The van der Waals surface area contributed by atoms with Crippen LogP contribution in [-0.4, -0.2) is 36.2 Å². The van der Waals surface area contributed by atoms with Gasteiger partial charge in [0.15, 0.2) is 12.4 Å². The van der Waals surface area contributed by atoms with Crippen LogP contribution in [-0.2, 0) is 19.1 Å². The molecule has 28 heavy (non-hydrogen) atoms. The minimum absolute atomic E-state index is 0.0366. The Morgan fingerprint density at radius 3 is 2.71 bits per heavy atom. The molecule has 0 unspecified atom stereocenters. The molecule has 2 aromatic rings. The van der Waals surface area contributed by atoms with Crippen molar-refractivity contribution in [2.75, 3.05) is 16.8 Å². The molecular formula is C20H20N2O5S. The fraction of sp³-hybridized carbons (Fsp3) is 0.300. The Balaban J connectivity index is 1.58. The molecule has 8 heteroatoms.